The molecule has 0 aliphatic carbocycles. The minimum absolute atomic E-state index is 0.0838. The first-order chi connectivity index (χ1) is 6.88. The highest BCUT2D eigenvalue weighted by molar-refractivity contribution is 8.14. The number of carbonyl (C=O) groups is 2. The molecule has 0 bridgehead atoms. The molecule has 1 amide bonds. The molecule has 6 nitrogen and oxygen atoms in total. The second kappa shape index (κ2) is 5.12. The van der Waals surface area contributed by atoms with E-state index in [2.05, 4.69) is 5.32 Å². The molecule has 1 saturated heterocycles. The van der Waals surface area contributed by atoms with Crippen LogP contribution >= 0.6 is 19.4 Å². The van der Waals surface area contributed by atoms with Crippen molar-refractivity contribution in [1.82, 2.24) is 5.32 Å². The Morgan fingerprint density at radius 2 is 2.27 bits per heavy atom. The number of hydrogen-bond acceptors (Lipinski definition) is 4. The maximum Gasteiger partial charge on any atom is 0.326 e. The van der Waals surface area contributed by atoms with E-state index in [-0.39, 0.29) is 11.5 Å². The summed E-state index contributed by atoms with van der Waals surface area (Å²) in [7, 11) is -4.13. The topological polar surface area (TPSA) is 104 Å². The summed E-state index contributed by atoms with van der Waals surface area (Å²) in [5.74, 6) is 0.196. The van der Waals surface area contributed by atoms with E-state index in [4.69, 9.17) is 9.79 Å². The molecule has 1 heterocycles. The van der Waals surface area contributed by atoms with Gasteiger partial charge < -0.3 is 15.1 Å². The first-order valence-electron chi connectivity index (χ1n) is 4.39. The van der Waals surface area contributed by atoms with Crippen molar-refractivity contribution in [1.29, 1.82) is 0 Å². The zero-order valence-electron chi connectivity index (χ0n) is 7.88. The molecule has 1 atom stereocenters. The van der Waals surface area contributed by atoms with Gasteiger partial charge in [0.25, 0.3) is 0 Å². The van der Waals surface area contributed by atoms with Gasteiger partial charge in [0.05, 0.1) is 12.2 Å². The van der Waals surface area contributed by atoms with Crippen LogP contribution in [-0.4, -0.2) is 38.8 Å². The van der Waals surface area contributed by atoms with Crippen molar-refractivity contribution in [3.05, 3.63) is 0 Å². The van der Waals surface area contributed by atoms with Gasteiger partial charge in [-0.05, 0) is 6.42 Å². The molecule has 86 valence electrons. The van der Waals surface area contributed by atoms with E-state index in [0.717, 1.165) is 11.8 Å². The van der Waals surface area contributed by atoms with E-state index in [1.165, 1.54) is 0 Å². The van der Waals surface area contributed by atoms with E-state index in [0.29, 0.717) is 12.2 Å². The van der Waals surface area contributed by atoms with Crippen molar-refractivity contribution in [2.75, 3.05) is 11.9 Å². The van der Waals surface area contributed by atoms with Crippen LogP contribution in [0.5, 0.6) is 0 Å². The lowest BCUT2D eigenvalue weighted by Gasteiger charge is -2.10. The molecular formula is C7H12NO5PS. The van der Waals surface area contributed by atoms with E-state index in [1.54, 1.807) is 0 Å². The van der Waals surface area contributed by atoms with Crippen molar-refractivity contribution >= 4 is 30.4 Å². The molecule has 0 aromatic rings. The van der Waals surface area contributed by atoms with E-state index >= 15 is 0 Å². The molecule has 0 radical (unpaired) electrons. The van der Waals surface area contributed by atoms with Gasteiger partial charge in [0, 0.05) is 12.2 Å². The van der Waals surface area contributed by atoms with Crippen molar-refractivity contribution in [3.63, 3.8) is 0 Å². The van der Waals surface area contributed by atoms with Gasteiger partial charge in [0.2, 0.25) is 11.0 Å². The largest absolute Gasteiger partial charge is 0.345 e. The maximum absolute atomic E-state index is 11.2. The first kappa shape index (κ1) is 12.7. The van der Waals surface area contributed by atoms with E-state index in [1.807, 2.05) is 0 Å². The Hall–Kier alpha value is -0.360. The lowest BCUT2D eigenvalue weighted by molar-refractivity contribution is -0.124. The van der Waals surface area contributed by atoms with Gasteiger partial charge in [-0.1, -0.05) is 11.8 Å². The van der Waals surface area contributed by atoms with Gasteiger partial charge in [-0.3, -0.25) is 14.2 Å². The third-order valence-corrected chi connectivity index (χ3v) is 3.72. The molecule has 1 rings (SSSR count). The predicted molar refractivity (Wildman–Crippen MR) is 55.5 cm³/mol. The fourth-order valence-corrected chi connectivity index (χ4v) is 2.57. The highest BCUT2D eigenvalue weighted by Crippen LogP contribution is 2.34. The summed E-state index contributed by atoms with van der Waals surface area (Å²) in [6.07, 6.45) is -0.142. The van der Waals surface area contributed by atoms with Gasteiger partial charge in [-0.15, -0.1) is 0 Å². The Balaban J connectivity index is 2.30. The van der Waals surface area contributed by atoms with Crippen molar-refractivity contribution < 1.29 is 23.9 Å². The van der Waals surface area contributed by atoms with Crippen LogP contribution in [0.1, 0.15) is 12.8 Å². The Morgan fingerprint density at radius 1 is 1.60 bits per heavy atom. The van der Waals surface area contributed by atoms with Crippen molar-refractivity contribution in [3.8, 4) is 0 Å². The summed E-state index contributed by atoms with van der Waals surface area (Å²) in [6.45, 7) is 0. The second-order valence-electron chi connectivity index (χ2n) is 3.21. The average molecular weight is 253 g/mol. The maximum atomic E-state index is 11.2. The van der Waals surface area contributed by atoms with Crippen LogP contribution in [0.4, 0.5) is 0 Å². The Morgan fingerprint density at radius 3 is 2.73 bits per heavy atom. The lowest BCUT2D eigenvalue weighted by atomic mass is 10.2. The number of hydrogen-bond donors (Lipinski definition) is 3. The quantitative estimate of drug-likeness (QED) is 0.594. The van der Waals surface area contributed by atoms with Crippen LogP contribution < -0.4 is 5.32 Å². The van der Waals surface area contributed by atoms with Crippen LogP contribution in [0, 0.1) is 0 Å². The number of nitrogens with one attached hydrogen (secondary N) is 1. The third kappa shape index (κ3) is 4.79. The smallest absolute Gasteiger partial charge is 0.326 e. The summed E-state index contributed by atoms with van der Waals surface area (Å²) >= 11 is 1.16. The van der Waals surface area contributed by atoms with Crippen LogP contribution in [0.3, 0.4) is 0 Å². The fourth-order valence-electron chi connectivity index (χ4n) is 1.14. The van der Waals surface area contributed by atoms with E-state index < -0.39 is 25.7 Å². The standard InChI is InChI=1S/C7H12NO5PS/c9-6(1-3-14(11,12)13)8-5-2-4-15-7(5)10/h5H,1-4H2,(H,8,9)(H2,11,12,13)/t5-/m0/s1. The molecule has 1 aliphatic rings. The van der Waals surface area contributed by atoms with Gasteiger partial charge in [0.1, 0.15) is 0 Å². The zero-order valence-corrected chi connectivity index (χ0v) is 9.59. The summed E-state index contributed by atoms with van der Waals surface area (Å²) < 4.78 is 10.5. The summed E-state index contributed by atoms with van der Waals surface area (Å²) in [6, 6.07) is -0.487. The molecule has 1 fully saturated rings. The monoisotopic (exact) mass is 253 g/mol. The number of carbonyl (C=O) groups excluding carboxylic acids is 2. The third-order valence-electron chi connectivity index (χ3n) is 1.90. The fraction of sp³-hybridized carbons (Fsp3) is 0.714. The van der Waals surface area contributed by atoms with E-state index in [9.17, 15) is 14.2 Å². The van der Waals surface area contributed by atoms with Gasteiger partial charge in [-0.25, -0.2) is 0 Å². The molecule has 0 aromatic carbocycles. The molecule has 15 heavy (non-hydrogen) atoms. The Bertz CT molecular complexity index is 315. The molecular weight excluding hydrogens is 241 g/mol. The highest BCUT2D eigenvalue weighted by atomic mass is 32.2. The van der Waals surface area contributed by atoms with Crippen molar-refractivity contribution in [2.45, 2.75) is 18.9 Å². The SMILES string of the molecule is O=C(CCP(=O)(O)O)N[C@H]1CCSC1=O. The molecule has 1 aliphatic heterocycles. The normalized spacial score (nSPS) is 21.7. The van der Waals surface area contributed by atoms with Crippen LogP contribution in [0.2, 0.25) is 0 Å². The average Bonchev–Trinajstić information content (AvgIpc) is 2.47. The summed E-state index contributed by atoms with van der Waals surface area (Å²) in [5.41, 5.74) is 0. The van der Waals surface area contributed by atoms with Gasteiger partial charge in [-0.2, -0.15) is 0 Å². The Labute approximate surface area is 91.0 Å². The molecule has 3 N–H and O–H groups in total. The second-order valence-corrected chi connectivity index (χ2v) is 6.09. The van der Waals surface area contributed by atoms with Crippen LogP contribution in [0.25, 0.3) is 0 Å². The highest BCUT2D eigenvalue weighted by Gasteiger charge is 2.27. The number of rotatable bonds is 4. The Kier molecular flexibility index (Phi) is 4.33. The summed E-state index contributed by atoms with van der Waals surface area (Å²) in [5, 5.41) is 2.36. The minimum atomic E-state index is -4.13. The number of amides is 1. The van der Waals surface area contributed by atoms with Crippen molar-refractivity contribution in [2.24, 2.45) is 0 Å². The zero-order chi connectivity index (χ0) is 11.5. The lowest BCUT2D eigenvalue weighted by Crippen LogP contribution is -2.37. The first-order valence-corrected chi connectivity index (χ1v) is 7.17. The minimum Gasteiger partial charge on any atom is -0.345 e. The van der Waals surface area contributed by atoms with Gasteiger partial charge in [0.15, 0.2) is 0 Å². The van der Waals surface area contributed by atoms with Gasteiger partial charge >= 0.3 is 7.60 Å². The van der Waals surface area contributed by atoms with Crippen LogP contribution in [-0.2, 0) is 14.2 Å². The summed E-state index contributed by atoms with van der Waals surface area (Å²) in [4.78, 5) is 39.4. The predicted octanol–water partition coefficient (Wildman–Crippen LogP) is -0.298. The molecule has 0 spiro atoms. The number of thioether (sulfide) groups is 1. The van der Waals surface area contributed by atoms with Crippen LogP contribution in [0.15, 0.2) is 0 Å². The molecule has 8 heteroatoms. The molecule has 0 unspecified atom stereocenters. The molecule has 0 aromatic heterocycles. The molecule has 0 saturated carbocycles.